The number of hydrogen-bond acceptors (Lipinski definition) is 3. The third-order valence-electron chi connectivity index (χ3n) is 2.85. The minimum atomic E-state index is -0.343. The highest BCUT2D eigenvalue weighted by Crippen LogP contribution is 2.25. The average Bonchev–Trinajstić information content (AvgIpc) is 2.69. The first-order chi connectivity index (χ1) is 7.22. The summed E-state index contributed by atoms with van der Waals surface area (Å²) in [5.74, 6) is 0.485. The Bertz CT molecular complexity index is 230. The number of rotatable bonds is 4. The zero-order chi connectivity index (χ0) is 11.3. The van der Waals surface area contributed by atoms with Crippen LogP contribution in [0, 0.1) is 5.92 Å². The first-order valence-corrected chi connectivity index (χ1v) is 5.38. The van der Waals surface area contributed by atoms with Crippen LogP contribution < -0.4 is 0 Å². The van der Waals surface area contributed by atoms with Gasteiger partial charge in [-0.1, -0.05) is 26.0 Å². The van der Waals surface area contributed by atoms with Gasteiger partial charge < -0.3 is 14.7 Å². The summed E-state index contributed by atoms with van der Waals surface area (Å²) in [6.45, 7) is 6.51. The lowest BCUT2D eigenvalue weighted by molar-refractivity contribution is 0.0921. The van der Waals surface area contributed by atoms with E-state index < -0.39 is 0 Å². The van der Waals surface area contributed by atoms with Crippen LogP contribution in [0.5, 0.6) is 0 Å². The topological polar surface area (TPSA) is 49.8 Å². The molecule has 1 amide bonds. The lowest BCUT2D eigenvalue weighted by Crippen LogP contribution is -2.38. The summed E-state index contributed by atoms with van der Waals surface area (Å²) >= 11 is 0. The summed E-state index contributed by atoms with van der Waals surface area (Å²) in [5.41, 5.74) is 0. The predicted molar refractivity (Wildman–Crippen MR) is 57.5 cm³/mol. The van der Waals surface area contributed by atoms with Crippen molar-refractivity contribution in [3.8, 4) is 0 Å². The van der Waals surface area contributed by atoms with Crippen molar-refractivity contribution >= 4 is 6.09 Å². The van der Waals surface area contributed by atoms with E-state index in [-0.39, 0.29) is 25.3 Å². The monoisotopic (exact) mass is 213 g/mol. The van der Waals surface area contributed by atoms with Crippen LogP contribution in [0.4, 0.5) is 4.79 Å². The van der Waals surface area contributed by atoms with E-state index in [9.17, 15) is 4.79 Å². The Labute approximate surface area is 90.5 Å². The molecule has 1 rings (SSSR count). The Balaban J connectivity index is 2.51. The molecule has 0 aromatic carbocycles. The van der Waals surface area contributed by atoms with Crippen LogP contribution in [0.3, 0.4) is 0 Å². The van der Waals surface area contributed by atoms with Crippen LogP contribution >= 0.6 is 0 Å². The van der Waals surface area contributed by atoms with E-state index in [1.165, 1.54) is 0 Å². The van der Waals surface area contributed by atoms with E-state index in [2.05, 4.69) is 13.5 Å². The molecule has 0 bridgehead atoms. The minimum Gasteiger partial charge on any atom is -0.445 e. The molecule has 0 aliphatic carbocycles. The zero-order valence-corrected chi connectivity index (χ0v) is 9.19. The molecule has 2 atom stereocenters. The number of likely N-dealkylation sites (tertiary alicyclic amines) is 1. The van der Waals surface area contributed by atoms with Crippen LogP contribution in [0.1, 0.15) is 19.8 Å². The second-order valence-corrected chi connectivity index (χ2v) is 3.86. The predicted octanol–water partition coefficient (Wildman–Crippen LogP) is 1.40. The SMILES string of the molecule is C=CCOC(=O)N1C[C@@H](CC)C[C@H]1CO. The Morgan fingerprint density at radius 1 is 1.73 bits per heavy atom. The fourth-order valence-corrected chi connectivity index (χ4v) is 1.92. The van der Waals surface area contributed by atoms with Crippen LogP contribution in [0.25, 0.3) is 0 Å². The minimum absolute atomic E-state index is 0.0136. The van der Waals surface area contributed by atoms with Gasteiger partial charge >= 0.3 is 6.09 Å². The number of hydrogen-bond donors (Lipinski definition) is 1. The van der Waals surface area contributed by atoms with Gasteiger partial charge in [0.25, 0.3) is 0 Å². The molecule has 4 heteroatoms. The van der Waals surface area contributed by atoms with Crippen molar-refractivity contribution < 1.29 is 14.6 Å². The van der Waals surface area contributed by atoms with Crippen LogP contribution in [0.2, 0.25) is 0 Å². The summed E-state index contributed by atoms with van der Waals surface area (Å²) < 4.78 is 4.96. The van der Waals surface area contributed by atoms with Crippen molar-refractivity contribution in [3.63, 3.8) is 0 Å². The highest BCUT2D eigenvalue weighted by Gasteiger charge is 2.34. The summed E-state index contributed by atoms with van der Waals surface area (Å²) in [6.07, 6.45) is 3.10. The summed E-state index contributed by atoms with van der Waals surface area (Å²) in [5, 5.41) is 9.15. The molecule has 1 aliphatic heterocycles. The number of ether oxygens (including phenoxy) is 1. The molecule has 0 aromatic heterocycles. The van der Waals surface area contributed by atoms with Crippen molar-refractivity contribution in [3.05, 3.63) is 12.7 Å². The highest BCUT2D eigenvalue weighted by molar-refractivity contribution is 5.68. The fraction of sp³-hybridized carbons (Fsp3) is 0.727. The maximum Gasteiger partial charge on any atom is 0.410 e. The van der Waals surface area contributed by atoms with E-state index >= 15 is 0 Å². The van der Waals surface area contributed by atoms with Gasteiger partial charge in [0.2, 0.25) is 0 Å². The molecule has 1 heterocycles. The second-order valence-electron chi connectivity index (χ2n) is 3.86. The van der Waals surface area contributed by atoms with Crippen LogP contribution in [0.15, 0.2) is 12.7 Å². The van der Waals surface area contributed by atoms with Gasteiger partial charge in [0.15, 0.2) is 0 Å². The molecule has 15 heavy (non-hydrogen) atoms. The van der Waals surface area contributed by atoms with Crippen LogP contribution in [-0.2, 0) is 4.74 Å². The molecule has 1 N–H and O–H groups in total. The molecule has 1 saturated heterocycles. The van der Waals surface area contributed by atoms with Crippen molar-refractivity contribution in [2.45, 2.75) is 25.8 Å². The Kier molecular flexibility index (Phi) is 4.62. The molecular formula is C11H19NO3. The van der Waals surface area contributed by atoms with Gasteiger partial charge in [-0.3, -0.25) is 0 Å². The van der Waals surface area contributed by atoms with Gasteiger partial charge in [0, 0.05) is 6.54 Å². The number of carbonyl (C=O) groups excluding carboxylic acids is 1. The summed E-state index contributed by atoms with van der Waals surface area (Å²) in [6, 6.07) is -0.0766. The lowest BCUT2D eigenvalue weighted by Gasteiger charge is -2.21. The normalized spacial score (nSPS) is 25.3. The largest absolute Gasteiger partial charge is 0.445 e. The molecule has 4 nitrogen and oxygen atoms in total. The molecule has 0 aromatic rings. The lowest BCUT2D eigenvalue weighted by atomic mass is 10.0. The van der Waals surface area contributed by atoms with Gasteiger partial charge in [-0.25, -0.2) is 4.79 Å². The standard InChI is InChI=1S/C11H19NO3/c1-3-5-15-11(14)12-7-9(4-2)6-10(12)8-13/h3,9-10,13H,1,4-8H2,2H3/t9-,10-/m0/s1. The molecule has 86 valence electrons. The number of amides is 1. The first kappa shape index (κ1) is 12.0. The zero-order valence-electron chi connectivity index (χ0n) is 9.19. The smallest absolute Gasteiger partial charge is 0.410 e. The maximum absolute atomic E-state index is 11.6. The average molecular weight is 213 g/mol. The van der Waals surface area contributed by atoms with Crippen molar-refractivity contribution in [1.82, 2.24) is 4.90 Å². The molecular weight excluding hydrogens is 194 g/mol. The molecule has 1 fully saturated rings. The second kappa shape index (κ2) is 5.75. The Morgan fingerprint density at radius 3 is 3.00 bits per heavy atom. The number of aliphatic hydroxyl groups is 1. The first-order valence-electron chi connectivity index (χ1n) is 5.38. The Morgan fingerprint density at radius 2 is 2.47 bits per heavy atom. The quantitative estimate of drug-likeness (QED) is 0.718. The van der Waals surface area contributed by atoms with Gasteiger partial charge in [0.05, 0.1) is 12.6 Å². The summed E-state index contributed by atoms with van der Waals surface area (Å²) in [4.78, 5) is 13.2. The van der Waals surface area contributed by atoms with E-state index in [1.54, 1.807) is 11.0 Å². The van der Waals surface area contributed by atoms with Crippen molar-refractivity contribution in [2.75, 3.05) is 19.8 Å². The molecule has 0 saturated carbocycles. The van der Waals surface area contributed by atoms with E-state index in [0.29, 0.717) is 12.5 Å². The van der Waals surface area contributed by atoms with Gasteiger partial charge in [-0.05, 0) is 12.3 Å². The molecule has 0 radical (unpaired) electrons. The number of aliphatic hydroxyl groups excluding tert-OH is 1. The molecule has 0 spiro atoms. The molecule has 0 unspecified atom stereocenters. The van der Waals surface area contributed by atoms with Crippen LogP contribution in [-0.4, -0.2) is 41.9 Å². The fourth-order valence-electron chi connectivity index (χ4n) is 1.92. The number of nitrogens with zero attached hydrogens (tertiary/aromatic N) is 1. The van der Waals surface area contributed by atoms with Crippen molar-refractivity contribution in [1.29, 1.82) is 0 Å². The van der Waals surface area contributed by atoms with E-state index in [1.807, 2.05) is 0 Å². The number of carbonyl (C=O) groups is 1. The third kappa shape index (κ3) is 2.96. The van der Waals surface area contributed by atoms with Gasteiger partial charge in [0.1, 0.15) is 6.61 Å². The highest BCUT2D eigenvalue weighted by atomic mass is 16.6. The maximum atomic E-state index is 11.6. The third-order valence-corrected chi connectivity index (χ3v) is 2.85. The van der Waals surface area contributed by atoms with Crippen molar-refractivity contribution in [2.24, 2.45) is 5.92 Å². The summed E-state index contributed by atoms with van der Waals surface area (Å²) in [7, 11) is 0. The van der Waals surface area contributed by atoms with Gasteiger partial charge in [-0.15, -0.1) is 0 Å². The van der Waals surface area contributed by atoms with E-state index in [0.717, 1.165) is 12.8 Å². The van der Waals surface area contributed by atoms with Gasteiger partial charge in [-0.2, -0.15) is 0 Å². The van der Waals surface area contributed by atoms with E-state index in [4.69, 9.17) is 9.84 Å². The molecule has 1 aliphatic rings. The Hall–Kier alpha value is -1.03.